The molecule has 32 heavy (non-hydrogen) atoms. The van der Waals surface area contributed by atoms with Gasteiger partial charge in [0.1, 0.15) is 17.3 Å². The van der Waals surface area contributed by atoms with E-state index in [2.05, 4.69) is 0 Å². The first-order chi connectivity index (χ1) is 15.4. The van der Waals surface area contributed by atoms with Gasteiger partial charge >= 0.3 is 0 Å². The zero-order valence-corrected chi connectivity index (χ0v) is 18.8. The lowest BCUT2D eigenvalue weighted by Crippen LogP contribution is -2.31. The van der Waals surface area contributed by atoms with Crippen molar-refractivity contribution in [1.29, 1.82) is 0 Å². The zero-order chi connectivity index (χ0) is 23.3. The monoisotopic (exact) mass is 439 g/mol. The average Bonchev–Trinajstić information content (AvgIpc) is 3.03. The summed E-state index contributed by atoms with van der Waals surface area (Å²) in [6.45, 7) is 4.61. The Kier molecular flexibility index (Phi) is 7.53. The van der Waals surface area contributed by atoms with Crippen molar-refractivity contribution in [2.75, 3.05) is 27.4 Å². The number of ether oxygens (including phenoxy) is 3. The largest absolute Gasteiger partial charge is 0.507 e. The summed E-state index contributed by atoms with van der Waals surface area (Å²) in [5, 5.41) is 11.1. The lowest BCUT2D eigenvalue weighted by molar-refractivity contribution is -0.140. The Bertz CT molecular complexity index is 1010. The van der Waals surface area contributed by atoms with Crippen LogP contribution in [0.15, 0.2) is 54.1 Å². The molecule has 1 N–H and O–H groups in total. The van der Waals surface area contributed by atoms with Gasteiger partial charge < -0.3 is 24.2 Å². The number of hydrogen-bond donors (Lipinski definition) is 1. The number of carbonyl (C=O) groups is 2. The predicted molar refractivity (Wildman–Crippen MR) is 121 cm³/mol. The number of benzene rings is 2. The Hall–Kier alpha value is -3.32. The van der Waals surface area contributed by atoms with Gasteiger partial charge in [-0.05, 0) is 50.1 Å². The van der Waals surface area contributed by atoms with Crippen LogP contribution in [0.1, 0.15) is 37.4 Å². The third-order valence-corrected chi connectivity index (χ3v) is 5.18. The van der Waals surface area contributed by atoms with Gasteiger partial charge in [0.2, 0.25) is 0 Å². The molecule has 0 bridgehead atoms. The van der Waals surface area contributed by atoms with Crippen molar-refractivity contribution in [2.24, 2.45) is 0 Å². The van der Waals surface area contributed by atoms with Crippen LogP contribution >= 0.6 is 0 Å². The van der Waals surface area contributed by atoms with Crippen LogP contribution in [0.5, 0.6) is 11.5 Å². The van der Waals surface area contributed by atoms with Gasteiger partial charge in [0, 0.05) is 25.8 Å². The molecule has 1 unspecified atom stereocenters. The van der Waals surface area contributed by atoms with Gasteiger partial charge in [-0.2, -0.15) is 0 Å². The van der Waals surface area contributed by atoms with E-state index < -0.39 is 17.7 Å². The first kappa shape index (κ1) is 23.3. The molecule has 7 heteroatoms. The van der Waals surface area contributed by atoms with Crippen LogP contribution in [0.4, 0.5) is 0 Å². The normalized spacial score (nSPS) is 17.8. The van der Waals surface area contributed by atoms with Crippen LogP contribution in [0, 0.1) is 0 Å². The number of likely N-dealkylation sites (tertiary alicyclic amines) is 1. The van der Waals surface area contributed by atoms with Crippen molar-refractivity contribution in [2.45, 2.75) is 32.4 Å². The van der Waals surface area contributed by atoms with Crippen molar-refractivity contribution in [1.82, 2.24) is 4.90 Å². The fraction of sp³-hybridized carbons (Fsp3) is 0.360. The number of aliphatic hydroxyl groups excluding tert-OH is 1. The highest BCUT2D eigenvalue weighted by molar-refractivity contribution is 6.46. The molecule has 1 saturated heterocycles. The summed E-state index contributed by atoms with van der Waals surface area (Å²) >= 11 is 0. The van der Waals surface area contributed by atoms with E-state index >= 15 is 0 Å². The molecule has 170 valence electrons. The zero-order valence-electron chi connectivity index (χ0n) is 18.8. The molecule has 1 aliphatic heterocycles. The van der Waals surface area contributed by atoms with Gasteiger partial charge in [-0.15, -0.1) is 0 Å². The fourth-order valence-electron chi connectivity index (χ4n) is 3.79. The van der Waals surface area contributed by atoms with E-state index in [1.54, 1.807) is 37.4 Å². The Balaban J connectivity index is 2.13. The molecular formula is C25H29NO6. The maximum atomic E-state index is 13.1. The Morgan fingerprint density at radius 2 is 1.78 bits per heavy atom. The van der Waals surface area contributed by atoms with Crippen molar-refractivity contribution >= 4 is 17.4 Å². The second-order valence-corrected chi connectivity index (χ2v) is 7.81. The first-order valence-electron chi connectivity index (χ1n) is 10.6. The van der Waals surface area contributed by atoms with Gasteiger partial charge in [-0.3, -0.25) is 9.59 Å². The number of carbonyl (C=O) groups excluding carboxylic acids is 2. The SMILES string of the molecule is COCCCN1C(=O)C(=O)/C(=C(\O)c2cccc(OC)c2)C1c1cccc(OC(C)C)c1. The summed E-state index contributed by atoms with van der Waals surface area (Å²) in [5.74, 6) is -0.445. The predicted octanol–water partition coefficient (Wildman–Crippen LogP) is 3.94. The summed E-state index contributed by atoms with van der Waals surface area (Å²) in [7, 11) is 3.11. The molecule has 0 aliphatic carbocycles. The van der Waals surface area contributed by atoms with E-state index in [0.717, 1.165) is 0 Å². The summed E-state index contributed by atoms with van der Waals surface area (Å²) in [6.07, 6.45) is 0.525. The molecule has 1 fully saturated rings. The van der Waals surface area contributed by atoms with E-state index in [-0.39, 0.29) is 17.4 Å². The van der Waals surface area contributed by atoms with Crippen LogP contribution in [0.25, 0.3) is 5.76 Å². The molecule has 1 amide bonds. The summed E-state index contributed by atoms with van der Waals surface area (Å²) < 4.78 is 16.2. The number of methoxy groups -OCH3 is 2. The number of amides is 1. The number of Topliss-reactive ketones (excluding diaryl/α,β-unsaturated/α-hetero) is 1. The minimum Gasteiger partial charge on any atom is -0.507 e. The Morgan fingerprint density at radius 1 is 1.06 bits per heavy atom. The highest BCUT2D eigenvalue weighted by atomic mass is 16.5. The van der Waals surface area contributed by atoms with Gasteiger partial charge in [0.15, 0.2) is 0 Å². The van der Waals surface area contributed by atoms with Crippen LogP contribution in [0.3, 0.4) is 0 Å². The molecule has 7 nitrogen and oxygen atoms in total. The quantitative estimate of drug-likeness (QED) is 0.276. The minimum absolute atomic E-state index is 0.0323. The molecule has 0 spiro atoms. The van der Waals surface area contributed by atoms with Gasteiger partial charge in [0.05, 0.1) is 24.8 Å². The standard InChI is InChI=1S/C25H29NO6/c1-16(2)32-20-11-5-8-17(14-20)22-21(23(27)18-9-6-10-19(15-18)31-4)24(28)25(29)26(22)12-7-13-30-3/h5-6,8-11,14-16,22,27H,7,12-13H2,1-4H3/b23-21-. The third-order valence-electron chi connectivity index (χ3n) is 5.18. The van der Waals surface area contributed by atoms with Crippen LogP contribution < -0.4 is 9.47 Å². The second kappa shape index (κ2) is 10.3. The molecular weight excluding hydrogens is 410 g/mol. The maximum absolute atomic E-state index is 13.1. The summed E-state index contributed by atoms with van der Waals surface area (Å²) in [4.78, 5) is 27.5. The summed E-state index contributed by atoms with van der Waals surface area (Å²) in [5.41, 5.74) is 1.13. The summed E-state index contributed by atoms with van der Waals surface area (Å²) in [6, 6.07) is 13.3. The highest BCUT2D eigenvalue weighted by Gasteiger charge is 2.45. The highest BCUT2D eigenvalue weighted by Crippen LogP contribution is 2.40. The molecule has 1 heterocycles. The van der Waals surface area contributed by atoms with Crippen LogP contribution in [-0.2, 0) is 14.3 Å². The van der Waals surface area contributed by atoms with Crippen molar-refractivity contribution < 1.29 is 28.9 Å². The number of nitrogens with zero attached hydrogens (tertiary/aromatic N) is 1. The third kappa shape index (κ3) is 4.94. The van der Waals surface area contributed by atoms with Gasteiger partial charge in [0.25, 0.3) is 11.7 Å². The molecule has 0 radical (unpaired) electrons. The van der Waals surface area contributed by atoms with E-state index in [1.165, 1.54) is 12.0 Å². The Morgan fingerprint density at radius 3 is 2.47 bits per heavy atom. The maximum Gasteiger partial charge on any atom is 0.295 e. The van der Waals surface area contributed by atoms with Crippen molar-refractivity contribution in [3.05, 3.63) is 65.2 Å². The number of ketones is 1. The van der Waals surface area contributed by atoms with Gasteiger partial charge in [-0.25, -0.2) is 0 Å². The van der Waals surface area contributed by atoms with E-state index in [9.17, 15) is 14.7 Å². The molecule has 0 aromatic heterocycles. The fourth-order valence-corrected chi connectivity index (χ4v) is 3.79. The van der Waals surface area contributed by atoms with Crippen molar-refractivity contribution in [3.8, 4) is 11.5 Å². The molecule has 1 atom stereocenters. The number of aliphatic hydroxyl groups is 1. The average molecular weight is 440 g/mol. The molecule has 3 rings (SSSR count). The van der Waals surface area contributed by atoms with Crippen molar-refractivity contribution in [3.63, 3.8) is 0 Å². The molecule has 2 aromatic carbocycles. The van der Waals surface area contributed by atoms with Crippen LogP contribution in [0.2, 0.25) is 0 Å². The molecule has 2 aromatic rings. The van der Waals surface area contributed by atoms with E-state index in [0.29, 0.717) is 42.2 Å². The smallest absolute Gasteiger partial charge is 0.295 e. The van der Waals surface area contributed by atoms with E-state index in [1.807, 2.05) is 32.0 Å². The number of rotatable bonds is 9. The minimum atomic E-state index is -0.742. The van der Waals surface area contributed by atoms with Gasteiger partial charge in [-0.1, -0.05) is 24.3 Å². The molecule has 0 saturated carbocycles. The number of hydrogen-bond acceptors (Lipinski definition) is 6. The second-order valence-electron chi connectivity index (χ2n) is 7.81. The lowest BCUT2D eigenvalue weighted by Gasteiger charge is -2.26. The molecule has 1 aliphatic rings. The first-order valence-corrected chi connectivity index (χ1v) is 10.6. The lowest BCUT2D eigenvalue weighted by atomic mass is 9.95. The van der Waals surface area contributed by atoms with E-state index in [4.69, 9.17) is 14.2 Å². The van der Waals surface area contributed by atoms with Crippen LogP contribution in [-0.4, -0.2) is 55.2 Å². The Labute approximate surface area is 188 Å². The topological polar surface area (TPSA) is 85.3 Å².